The molecule has 3 aromatic rings. The molecule has 2 heterocycles. The van der Waals surface area contributed by atoms with Gasteiger partial charge in [0.25, 0.3) is 5.91 Å². The van der Waals surface area contributed by atoms with Crippen molar-refractivity contribution in [3.63, 3.8) is 0 Å². The fourth-order valence-electron chi connectivity index (χ4n) is 6.35. The van der Waals surface area contributed by atoms with Gasteiger partial charge in [-0.05, 0) is 92.6 Å². The molecule has 1 aliphatic heterocycles. The van der Waals surface area contributed by atoms with E-state index >= 15 is 0 Å². The van der Waals surface area contributed by atoms with E-state index in [1.165, 1.54) is 23.3 Å². The number of aromatic nitrogens is 1. The fraction of sp³-hybridized carbons (Fsp3) is 0.514. The second kappa shape index (κ2) is 12.9. The number of likely N-dealkylation sites (tertiary alicyclic amines) is 1. The second-order valence-electron chi connectivity index (χ2n) is 14.9. The van der Waals surface area contributed by atoms with Crippen LogP contribution in [-0.2, 0) is 21.4 Å². The molecule has 0 radical (unpaired) electrons. The maximum atomic E-state index is 13.7. The lowest BCUT2D eigenvalue weighted by molar-refractivity contribution is -0.146. The third-order valence-corrected chi connectivity index (χ3v) is 9.06. The number of piperidine rings is 1. The van der Waals surface area contributed by atoms with Crippen LogP contribution >= 0.6 is 0 Å². The number of pyridine rings is 1. The van der Waals surface area contributed by atoms with Crippen LogP contribution in [0.4, 0.5) is 4.79 Å². The first-order valence-corrected chi connectivity index (χ1v) is 16.4. The molecule has 1 aromatic heterocycles. The van der Waals surface area contributed by atoms with Crippen LogP contribution in [0.5, 0.6) is 11.5 Å². The van der Waals surface area contributed by atoms with Crippen LogP contribution in [-0.4, -0.2) is 57.2 Å². The van der Waals surface area contributed by atoms with Gasteiger partial charge in [-0.1, -0.05) is 64.7 Å². The second-order valence-corrected chi connectivity index (χ2v) is 14.9. The van der Waals surface area contributed by atoms with Gasteiger partial charge in [0, 0.05) is 24.2 Å². The Labute approximate surface area is 271 Å². The number of fused-ring (bicyclic) bond motifs is 1. The average Bonchev–Trinajstić information content (AvgIpc) is 3.49. The minimum atomic E-state index is -1.52. The topological polar surface area (TPSA) is 118 Å². The first-order chi connectivity index (χ1) is 21.6. The number of benzene rings is 2. The van der Waals surface area contributed by atoms with Gasteiger partial charge in [0.15, 0.2) is 0 Å². The van der Waals surface area contributed by atoms with Gasteiger partial charge in [0.2, 0.25) is 0 Å². The van der Waals surface area contributed by atoms with Gasteiger partial charge in [-0.25, -0.2) is 14.6 Å². The zero-order valence-electron chi connectivity index (χ0n) is 27.9. The van der Waals surface area contributed by atoms with Crippen molar-refractivity contribution in [1.29, 1.82) is 0 Å². The maximum Gasteiger partial charge on any atom is 0.410 e. The van der Waals surface area contributed by atoms with E-state index in [0.717, 1.165) is 41.5 Å². The molecule has 1 aliphatic carbocycles. The van der Waals surface area contributed by atoms with Crippen LogP contribution in [0.1, 0.15) is 102 Å². The molecule has 2 fully saturated rings. The minimum Gasteiger partial charge on any atom is -0.480 e. The van der Waals surface area contributed by atoms with E-state index in [0.29, 0.717) is 11.7 Å². The fourth-order valence-corrected chi connectivity index (χ4v) is 6.35. The highest BCUT2D eigenvalue weighted by atomic mass is 16.6. The standard InChI is InChI=1S/C37H47N3O6/c1-35(2,3)26-12-15-27(16-13-26)45-28-14-11-25-22-31(38-30(29(25)23-28)21-24-9-7-8-10-24)32(41)39-37(33(42)43)17-19-40(20-18-37)34(44)46-36(4,5)6/h11-16,22-24H,7-10,17-21H2,1-6H3,(H,39,41)(H,42,43). The van der Waals surface area contributed by atoms with Crippen molar-refractivity contribution < 1.29 is 29.0 Å². The molecule has 46 heavy (non-hydrogen) atoms. The van der Waals surface area contributed by atoms with Crippen molar-refractivity contribution in [2.45, 2.75) is 103 Å². The maximum absolute atomic E-state index is 13.7. The van der Waals surface area contributed by atoms with E-state index in [-0.39, 0.29) is 37.0 Å². The Bertz CT molecular complexity index is 1590. The van der Waals surface area contributed by atoms with Gasteiger partial charge >= 0.3 is 12.1 Å². The molecule has 1 saturated carbocycles. The Kier molecular flexibility index (Phi) is 9.34. The number of aliphatic carboxylic acids is 1. The molecule has 1 saturated heterocycles. The molecule has 2 N–H and O–H groups in total. The van der Waals surface area contributed by atoms with E-state index in [1.807, 2.05) is 30.3 Å². The Morgan fingerprint density at radius 1 is 0.935 bits per heavy atom. The molecule has 0 bridgehead atoms. The molecule has 0 spiro atoms. The number of rotatable bonds is 7. The van der Waals surface area contributed by atoms with Gasteiger partial charge in [-0.15, -0.1) is 0 Å². The van der Waals surface area contributed by atoms with Crippen molar-refractivity contribution in [2.75, 3.05) is 13.1 Å². The third kappa shape index (κ3) is 7.80. The van der Waals surface area contributed by atoms with Crippen molar-refractivity contribution >= 4 is 28.7 Å². The highest BCUT2D eigenvalue weighted by molar-refractivity contribution is 6.00. The number of carbonyl (C=O) groups excluding carboxylic acids is 2. The number of nitrogens with zero attached hydrogens (tertiary/aromatic N) is 2. The number of amides is 2. The number of nitrogens with one attached hydrogen (secondary N) is 1. The third-order valence-electron chi connectivity index (χ3n) is 9.06. The van der Waals surface area contributed by atoms with Crippen molar-refractivity contribution in [1.82, 2.24) is 15.2 Å². The van der Waals surface area contributed by atoms with E-state index in [4.69, 9.17) is 14.5 Å². The number of hydrogen-bond donors (Lipinski definition) is 2. The van der Waals surface area contributed by atoms with Gasteiger partial charge in [0.05, 0.1) is 0 Å². The highest BCUT2D eigenvalue weighted by Gasteiger charge is 2.44. The number of carbonyl (C=O) groups is 3. The summed E-state index contributed by atoms with van der Waals surface area (Å²) in [5.41, 5.74) is 0.0981. The van der Waals surface area contributed by atoms with E-state index in [9.17, 15) is 19.5 Å². The SMILES string of the molecule is CC(C)(C)OC(=O)N1CCC(NC(=O)c2cc3ccc(Oc4ccc(C(C)(C)C)cc4)cc3c(CC3CCCC3)n2)(C(=O)O)CC1. The van der Waals surface area contributed by atoms with Crippen LogP contribution in [0.25, 0.3) is 10.8 Å². The van der Waals surface area contributed by atoms with Crippen molar-refractivity contribution in [3.8, 4) is 11.5 Å². The first kappa shape index (κ1) is 33.2. The lowest BCUT2D eigenvalue weighted by atomic mass is 9.87. The molecule has 2 aliphatic rings. The van der Waals surface area contributed by atoms with Gasteiger partial charge in [-0.3, -0.25) is 4.79 Å². The molecule has 9 heteroatoms. The van der Waals surface area contributed by atoms with Crippen LogP contribution in [0.3, 0.4) is 0 Å². The molecule has 9 nitrogen and oxygen atoms in total. The number of hydrogen-bond acceptors (Lipinski definition) is 6. The van der Waals surface area contributed by atoms with Crippen LogP contribution in [0, 0.1) is 5.92 Å². The molecular weight excluding hydrogens is 582 g/mol. The zero-order chi connectivity index (χ0) is 33.3. The summed E-state index contributed by atoms with van der Waals surface area (Å²) in [7, 11) is 0. The minimum absolute atomic E-state index is 0.0494. The summed E-state index contributed by atoms with van der Waals surface area (Å²) in [6.07, 6.45) is 4.97. The molecular formula is C37H47N3O6. The zero-order valence-corrected chi connectivity index (χ0v) is 27.9. The summed E-state index contributed by atoms with van der Waals surface area (Å²) in [4.78, 5) is 45.1. The van der Waals surface area contributed by atoms with Crippen LogP contribution in [0.2, 0.25) is 0 Å². The lowest BCUT2D eigenvalue weighted by Gasteiger charge is -2.39. The summed E-state index contributed by atoms with van der Waals surface area (Å²) in [6.45, 7) is 12.2. The molecule has 246 valence electrons. The Balaban J connectivity index is 1.39. The largest absolute Gasteiger partial charge is 0.480 e. The molecule has 0 atom stereocenters. The Hall–Kier alpha value is -4.14. The lowest BCUT2D eigenvalue weighted by Crippen LogP contribution is -2.61. The smallest absolute Gasteiger partial charge is 0.410 e. The van der Waals surface area contributed by atoms with Crippen molar-refractivity contribution in [3.05, 3.63) is 65.5 Å². The van der Waals surface area contributed by atoms with E-state index < -0.39 is 29.1 Å². The predicted octanol–water partition coefficient (Wildman–Crippen LogP) is 7.64. The van der Waals surface area contributed by atoms with Crippen molar-refractivity contribution in [2.24, 2.45) is 5.92 Å². The summed E-state index contributed by atoms with van der Waals surface area (Å²) in [5.74, 6) is 0.233. The summed E-state index contributed by atoms with van der Waals surface area (Å²) >= 11 is 0. The predicted molar refractivity (Wildman–Crippen MR) is 177 cm³/mol. The highest BCUT2D eigenvalue weighted by Crippen LogP contribution is 2.34. The molecule has 2 aromatic carbocycles. The van der Waals surface area contributed by atoms with Crippen LogP contribution in [0.15, 0.2) is 48.5 Å². The normalized spacial score (nSPS) is 17.1. The summed E-state index contributed by atoms with van der Waals surface area (Å²) in [6, 6.07) is 15.6. The molecule has 0 unspecified atom stereocenters. The van der Waals surface area contributed by atoms with E-state index in [1.54, 1.807) is 26.8 Å². The quantitative estimate of drug-likeness (QED) is 0.276. The molecule has 5 rings (SSSR count). The summed E-state index contributed by atoms with van der Waals surface area (Å²) < 4.78 is 11.7. The van der Waals surface area contributed by atoms with Crippen LogP contribution < -0.4 is 10.1 Å². The van der Waals surface area contributed by atoms with Gasteiger partial charge in [0.1, 0.15) is 28.3 Å². The average molecular weight is 630 g/mol. The number of ether oxygens (including phenoxy) is 2. The number of carboxylic acid groups (broad SMARTS) is 1. The molecule has 2 amide bonds. The Morgan fingerprint density at radius 3 is 2.15 bits per heavy atom. The Morgan fingerprint density at radius 2 is 1.57 bits per heavy atom. The monoisotopic (exact) mass is 629 g/mol. The van der Waals surface area contributed by atoms with Gasteiger partial charge in [-0.2, -0.15) is 0 Å². The van der Waals surface area contributed by atoms with Gasteiger partial charge < -0.3 is 24.8 Å². The summed E-state index contributed by atoms with van der Waals surface area (Å²) in [5, 5.41) is 14.8. The van der Waals surface area contributed by atoms with E-state index in [2.05, 4.69) is 38.2 Å². The first-order valence-electron chi connectivity index (χ1n) is 16.4. The number of carboxylic acids is 1.